The Hall–Kier alpha value is -1.88. The zero-order chi connectivity index (χ0) is 13.8. The average molecular weight is 262 g/mol. The minimum Gasteiger partial charge on any atom is -0.465 e. The molecule has 1 aliphatic rings. The van der Waals surface area contributed by atoms with E-state index >= 15 is 0 Å². The van der Waals surface area contributed by atoms with Gasteiger partial charge in [-0.3, -0.25) is 9.80 Å². The van der Waals surface area contributed by atoms with Crippen molar-refractivity contribution in [3.63, 3.8) is 0 Å². The maximum atomic E-state index is 11.6. The predicted molar refractivity (Wildman–Crippen MR) is 70.4 cm³/mol. The fraction of sp³-hybridized carbons (Fsp3) is 0.429. The van der Waals surface area contributed by atoms with Crippen molar-refractivity contribution in [2.75, 3.05) is 27.2 Å². The van der Waals surface area contributed by atoms with E-state index in [0.29, 0.717) is 18.5 Å². The molecule has 1 aromatic rings. The van der Waals surface area contributed by atoms with E-state index < -0.39 is 0 Å². The van der Waals surface area contributed by atoms with Gasteiger partial charge in [0.15, 0.2) is 0 Å². The molecule has 5 nitrogen and oxygen atoms in total. The lowest BCUT2D eigenvalue weighted by Gasteiger charge is -2.23. The van der Waals surface area contributed by atoms with E-state index in [-0.39, 0.29) is 11.9 Å². The topological polar surface area (TPSA) is 49.9 Å². The molecule has 0 spiro atoms. The van der Waals surface area contributed by atoms with Crippen molar-refractivity contribution in [3.05, 3.63) is 35.4 Å². The zero-order valence-corrected chi connectivity index (χ0v) is 11.3. The Morgan fingerprint density at radius 1 is 1.32 bits per heavy atom. The molecule has 1 heterocycles. The lowest BCUT2D eigenvalue weighted by atomic mass is 10.1. The summed E-state index contributed by atoms with van der Waals surface area (Å²) < 4.78 is 4.65. The van der Waals surface area contributed by atoms with Crippen molar-refractivity contribution < 1.29 is 14.3 Å². The molecule has 1 fully saturated rings. The second-order valence-electron chi connectivity index (χ2n) is 4.59. The van der Waals surface area contributed by atoms with Crippen LogP contribution in [0.25, 0.3) is 0 Å². The second-order valence-corrected chi connectivity index (χ2v) is 4.59. The Labute approximate surface area is 112 Å². The molecule has 1 amide bonds. The Morgan fingerprint density at radius 3 is 2.53 bits per heavy atom. The van der Waals surface area contributed by atoms with Gasteiger partial charge in [0.2, 0.25) is 5.91 Å². The zero-order valence-electron chi connectivity index (χ0n) is 11.3. The molecule has 0 aromatic heterocycles. The number of rotatable bonds is 4. The van der Waals surface area contributed by atoms with Crippen molar-refractivity contribution in [1.82, 2.24) is 10.0 Å². The number of methoxy groups -OCH3 is 1. The van der Waals surface area contributed by atoms with Crippen LogP contribution in [0.2, 0.25) is 0 Å². The lowest BCUT2D eigenvalue weighted by Crippen LogP contribution is -2.37. The molecular weight excluding hydrogens is 244 g/mol. The number of hydrazine groups is 1. The van der Waals surface area contributed by atoms with Gasteiger partial charge in [0.25, 0.3) is 0 Å². The minimum absolute atomic E-state index is 0.175. The molecule has 1 aromatic carbocycles. The van der Waals surface area contributed by atoms with Gasteiger partial charge in [-0.05, 0) is 24.1 Å². The lowest BCUT2D eigenvalue weighted by molar-refractivity contribution is -0.136. The summed E-state index contributed by atoms with van der Waals surface area (Å²) in [6, 6.07) is 7.28. The molecule has 1 aliphatic heterocycles. The van der Waals surface area contributed by atoms with Crippen LogP contribution in [0, 0.1) is 0 Å². The van der Waals surface area contributed by atoms with E-state index in [0.717, 1.165) is 18.5 Å². The molecular formula is C14H18N2O3. The molecule has 2 rings (SSSR count). The predicted octanol–water partition coefficient (Wildman–Crippen LogP) is 1.09. The number of hydrogen-bond acceptors (Lipinski definition) is 4. The van der Waals surface area contributed by atoms with Crippen LogP contribution in [-0.2, 0) is 16.0 Å². The number of carbonyl (C=O) groups is 2. The third kappa shape index (κ3) is 3.12. The van der Waals surface area contributed by atoms with Gasteiger partial charge >= 0.3 is 5.97 Å². The molecule has 102 valence electrons. The van der Waals surface area contributed by atoms with Crippen LogP contribution in [0.4, 0.5) is 0 Å². The normalized spacial score (nSPS) is 15.9. The van der Waals surface area contributed by atoms with E-state index in [2.05, 4.69) is 4.74 Å². The van der Waals surface area contributed by atoms with Gasteiger partial charge in [0.05, 0.1) is 12.7 Å². The summed E-state index contributed by atoms with van der Waals surface area (Å²) in [5.74, 6) is -0.158. The summed E-state index contributed by atoms with van der Waals surface area (Å²) in [5.41, 5.74) is 1.64. The standard InChI is InChI=1S/C14H18N2O3/c1-15-9-8-13(17)16(15)10-7-11-3-5-12(6-4-11)14(18)19-2/h3-6H,7-10H2,1-2H3. The Kier molecular flexibility index (Phi) is 4.16. The SMILES string of the molecule is COC(=O)c1ccc(CCN2C(=O)CCN2C)cc1. The number of hydrogen-bond donors (Lipinski definition) is 0. The largest absolute Gasteiger partial charge is 0.465 e. The number of benzene rings is 1. The minimum atomic E-state index is -0.332. The van der Waals surface area contributed by atoms with Gasteiger partial charge in [0, 0.05) is 26.6 Å². The molecule has 5 heteroatoms. The van der Waals surface area contributed by atoms with Gasteiger partial charge < -0.3 is 4.74 Å². The maximum Gasteiger partial charge on any atom is 0.337 e. The first-order valence-electron chi connectivity index (χ1n) is 6.30. The van der Waals surface area contributed by atoms with Crippen molar-refractivity contribution in [2.45, 2.75) is 12.8 Å². The van der Waals surface area contributed by atoms with Crippen molar-refractivity contribution >= 4 is 11.9 Å². The average Bonchev–Trinajstić information content (AvgIpc) is 2.75. The van der Waals surface area contributed by atoms with Gasteiger partial charge in [-0.1, -0.05) is 12.1 Å². The van der Waals surface area contributed by atoms with Crippen molar-refractivity contribution in [3.8, 4) is 0 Å². The Bertz CT molecular complexity index is 470. The fourth-order valence-corrected chi connectivity index (χ4v) is 2.15. The van der Waals surface area contributed by atoms with Gasteiger partial charge in [-0.15, -0.1) is 0 Å². The number of nitrogens with zero attached hydrogens (tertiary/aromatic N) is 2. The molecule has 19 heavy (non-hydrogen) atoms. The monoisotopic (exact) mass is 262 g/mol. The summed E-state index contributed by atoms with van der Waals surface area (Å²) in [6.45, 7) is 1.47. The van der Waals surface area contributed by atoms with Crippen LogP contribution < -0.4 is 0 Å². The number of carbonyl (C=O) groups excluding carboxylic acids is 2. The molecule has 0 bridgehead atoms. The molecule has 0 radical (unpaired) electrons. The van der Waals surface area contributed by atoms with E-state index in [1.165, 1.54) is 7.11 Å². The molecule has 0 unspecified atom stereocenters. The number of ether oxygens (including phenoxy) is 1. The van der Waals surface area contributed by atoms with E-state index in [9.17, 15) is 9.59 Å². The Morgan fingerprint density at radius 2 is 2.00 bits per heavy atom. The highest BCUT2D eigenvalue weighted by atomic mass is 16.5. The molecule has 0 atom stereocenters. The smallest absolute Gasteiger partial charge is 0.337 e. The van der Waals surface area contributed by atoms with Gasteiger partial charge in [-0.25, -0.2) is 9.80 Å². The summed E-state index contributed by atoms with van der Waals surface area (Å²) in [4.78, 5) is 22.9. The quantitative estimate of drug-likeness (QED) is 0.762. The van der Waals surface area contributed by atoms with Crippen LogP contribution in [0.5, 0.6) is 0 Å². The number of amides is 1. The first-order valence-corrected chi connectivity index (χ1v) is 6.30. The van der Waals surface area contributed by atoms with E-state index in [4.69, 9.17) is 0 Å². The van der Waals surface area contributed by atoms with Crippen molar-refractivity contribution in [1.29, 1.82) is 0 Å². The maximum absolute atomic E-state index is 11.6. The van der Waals surface area contributed by atoms with Crippen molar-refractivity contribution in [2.24, 2.45) is 0 Å². The molecule has 1 saturated heterocycles. The first kappa shape index (κ1) is 13.5. The molecule has 0 saturated carbocycles. The summed E-state index contributed by atoms with van der Waals surface area (Å²) >= 11 is 0. The highest BCUT2D eigenvalue weighted by Crippen LogP contribution is 2.12. The second kappa shape index (κ2) is 5.84. The van der Waals surface area contributed by atoms with Crippen LogP contribution >= 0.6 is 0 Å². The molecule has 0 N–H and O–H groups in total. The van der Waals surface area contributed by atoms with Crippen LogP contribution in [0.15, 0.2) is 24.3 Å². The summed E-state index contributed by atoms with van der Waals surface area (Å²) in [5, 5.41) is 3.72. The first-order chi connectivity index (χ1) is 9.11. The highest BCUT2D eigenvalue weighted by molar-refractivity contribution is 5.89. The van der Waals surface area contributed by atoms with Crippen LogP contribution in [0.1, 0.15) is 22.3 Å². The van der Waals surface area contributed by atoms with Crippen LogP contribution in [0.3, 0.4) is 0 Å². The third-order valence-electron chi connectivity index (χ3n) is 3.34. The van der Waals surface area contributed by atoms with E-state index in [1.807, 2.05) is 24.2 Å². The number of esters is 1. The van der Waals surface area contributed by atoms with Gasteiger partial charge in [-0.2, -0.15) is 0 Å². The summed E-state index contributed by atoms with van der Waals surface area (Å²) in [7, 11) is 3.29. The molecule has 0 aliphatic carbocycles. The highest BCUT2D eigenvalue weighted by Gasteiger charge is 2.24. The van der Waals surface area contributed by atoms with Gasteiger partial charge in [0.1, 0.15) is 0 Å². The summed E-state index contributed by atoms with van der Waals surface area (Å²) in [6.07, 6.45) is 1.37. The van der Waals surface area contributed by atoms with E-state index in [1.54, 1.807) is 17.1 Å². The fourth-order valence-electron chi connectivity index (χ4n) is 2.15. The third-order valence-corrected chi connectivity index (χ3v) is 3.34. The Balaban J connectivity index is 1.93. The van der Waals surface area contributed by atoms with Crippen LogP contribution in [-0.4, -0.2) is 49.1 Å².